The van der Waals surface area contributed by atoms with Crippen LogP contribution in [0.1, 0.15) is 47.0 Å². The van der Waals surface area contributed by atoms with Crippen molar-refractivity contribution in [2.24, 2.45) is 0 Å². The molecule has 1 amide bonds. The van der Waals surface area contributed by atoms with Crippen molar-refractivity contribution in [1.82, 2.24) is 10.4 Å². The average Bonchev–Trinajstić information content (AvgIpc) is 2.13. The van der Waals surface area contributed by atoms with Crippen molar-refractivity contribution in [1.29, 1.82) is 0 Å². The average molecular weight is 259 g/mol. The number of rotatable bonds is 3. The zero-order valence-corrected chi connectivity index (χ0v) is 12.0. The van der Waals surface area contributed by atoms with E-state index in [1.807, 2.05) is 27.7 Å². The van der Waals surface area contributed by atoms with Crippen LogP contribution in [0, 0.1) is 0 Å². The summed E-state index contributed by atoms with van der Waals surface area (Å²) in [5.41, 5.74) is -0.860. The largest absolute Gasteiger partial charge is 0.353 e. The third-order valence-corrected chi connectivity index (χ3v) is 3.52. The van der Waals surface area contributed by atoms with E-state index in [2.05, 4.69) is 17.9 Å². The van der Waals surface area contributed by atoms with Gasteiger partial charge in [-0.05, 0) is 46.3 Å². The van der Waals surface area contributed by atoms with Crippen LogP contribution in [0.2, 0.25) is 0 Å². The van der Waals surface area contributed by atoms with Gasteiger partial charge in [0.15, 0.2) is 0 Å². The fourth-order valence-electron chi connectivity index (χ4n) is 2.77. The lowest BCUT2D eigenvalue weighted by Crippen LogP contribution is -2.62. The van der Waals surface area contributed by atoms with Gasteiger partial charge in [0.05, 0.1) is 0 Å². The van der Waals surface area contributed by atoms with Gasteiger partial charge in [0.2, 0.25) is 5.91 Å². The molecule has 0 spiro atoms. The minimum atomic E-state index is -0.430. The van der Waals surface area contributed by atoms with Gasteiger partial charge in [0.1, 0.15) is 0 Å². The first-order valence-corrected chi connectivity index (χ1v) is 6.70. The highest BCUT2D eigenvalue weighted by molar-refractivity contribution is 7.80. The third-order valence-electron chi connectivity index (χ3n) is 3.30. The van der Waals surface area contributed by atoms with Gasteiger partial charge < -0.3 is 5.32 Å². The standard InChI is InChI=1S/C12H23N2O2S/c1-11(2)7-9(13-10(15)5-6-17)8-12(3,4)14(11)16/h9,17H,5-8H2,1-4H3,(H,13,15). The molecule has 0 aromatic rings. The van der Waals surface area contributed by atoms with E-state index in [9.17, 15) is 10.0 Å². The van der Waals surface area contributed by atoms with Crippen LogP contribution in [0.5, 0.6) is 0 Å². The van der Waals surface area contributed by atoms with Crippen LogP contribution < -0.4 is 5.32 Å². The molecule has 1 fully saturated rings. The Bertz CT molecular complexity index is 274. The van der Waals surface area contributed by atoms with Crippen molar-refractivity contribution >= 4 is 18.5 Å². The van der Waals surface area contributed by atoms with E-state index in [1.165, 1.54) is 5.06 Å². The number of carbonyl (C=O) groups excluding carboxylic acids is 1. The van der Waals surface area contributed by atoms with Crippen LogP contribution in [-0.4, -0.2) is 33.8 Å². The molecule has 0 unspecified atom stereocenters. The summed E-state index contributed by atoms with van der Waals surface area (Å²) in [6.07, 6.45) is 1.82. The highest BCUT2D eigenvalue weighted by Gasteiger charge is 2.46. The summed E-state index contributed by atoms with van der Waals surface area (Å²) >= 11 is 4.04. The Morgan fingerprint density at radius 1 is 1.29 bits per heavy atom. The SMILES string of the molecule is CC1(C)CC(NC(=O)CCS)CC(C)(C)N1[O]. The van der Waals surface area contributed by atoms with E-state index >= 15 is 0 Å². The van der Waals surface area contributed by atoms with Gasteiger partial charge in [0.25, 0.3) is 0 Å². The molecule has 0 saturated carbocycles. The monoisotopic (exact) mass is 259 g/mol. The summed E-state index contributed by atoms with van der Waals surface area (Å²) in [4.78, 5) is 11.6. The van der Waals surface area contributed by atoms with Crippen molar-refractivity contribution in [3.05, 3.63) is 0 Å². The first-order chi connectivity index (χ1) is 7.69. The smallest absolute Gasteiger partial charge is 0.221 e. The molecule has 0 atom stereocenters. The fraction of sp³-hybridized carbons (Fsp3) is 0.917. The number of piperidine rings is 1. The Morgan fingerprint density at radius 3 is 2.18 bits per heavy atom. The number of hydrogen-bond donors (Lipinski definition) is 2. The van der Waals surface area contributed by atoms with Crippen LogP contribution >= 0.6 is 12.6 Å². The number of hydroxylamine groups is 2. The molecule has 0 aliphatic carbocycles. The van der Waals surface area contributed by atoms with Gasteiger partial charge in [0, 0.05) is 23.5 Å². The third kappa shape index (κ3) is 3.60. The Morgan fingerprint density at radius 2 is 1.76 bits per heavy atom. The van der Waals surface area contributed by atoms with Crippen LogP contribution in [0.15, 0.2) is 0 Å². The quantitative estimate of drug-likeness (QED) is 0.759. The molecular weight excluding hydrogens is 236 g/mol. The highest BCUT2D eigenvalue weighted by Crippen LogP contribution is 2.36. The molecule has 1 aliphatic rings. The maximum absolute atomic E-state index is 12.1. The van der Waals surface area contributed by atoms with Crippen LogP contribution in [0.4, 0.5) is 0 Å². The normalized spacial score (nSPS) is 24.6. The van der Waals surface area contributed by atoms with E-state index < -0.39 is 11.1 Å². The molecule has 1 radical (unpaired) electrons. The van der Waals surface area contributed by atoms with Crippen molar-refractivity contribution in [3.8, 4) is 0 Å². The minimum absolute atomic E-state index is 0.0240. The molecule has 4 nitrogen and oxygen atoms in total. The second kappa shape index (κ2) is 5.16. The maximum atomic E-state index is 12.1. The first-order valence-electron chi connectivity index (χ1n) is 6.07. The van der Waals surface area contributed by atoms with Gasteiger partial charge in [-0.1, -0.05) is 0 Å². The van der Waals surface area contributed by atoms with E-state index in [1.54, 1.807) is 0 Å². The molecule has 17 heavy (non-hydrogen) atoms. The number of nitrogens with one attached hydrogen (secondary N) is 1. The van der Waals surface area contributed by atoms with Gasteiger partial charge in [-0.25, -0.2) is 0 Å². The maximum Gasteiger partial charge on any atom is 0.221 e. The molecule has 1 heterocycles. The Labute approximate surface area is 109 Å². The molecule has 1 saturated heterocycles. The highest BCUT2D eigenvalue weighted by atomic mass is 32.1. The number of amides is 1. The lowest BCUT2D eigenvalue weighted by Gasteiger charge is -2.50. The molecule has 0 aromatic carbocycles. The fourth-order valence-corrected chi connectivity index (χ4v) is 2.97. The molecule has 1 rings (SSSR count). The summed E-state index contributed by atoms with van der Waals surface area (Å²) < 4.78 is 0. The summed E-state index contributed by atoms with van der Waals surface area (Å²) in [5.74, 6) is 0.579. The zero-order chi connectivity index (χ0) is 13.3. The Kier molecular flexibility index (Phi) is 4.49. The lowest BCUT2D eigenvalue weighted by atomic mass is 9.79. The number of carbonyl (C=O) groups is 1. The van der Waals surface area contributed by atoms with E-state index in [0.29, 0.717) is 25.0 Å². The van der Waals surface area contributed by atoms with E-state index in [0.717, 1.165) is 0 Å². The minimum Gasteiger partial charge on any atom is -0.353 e. The second-order valence-corrected chi connectivity index (χ2v) is 6.51. The van der Waals surface area contributed by atoms with E-state index in [-0.39, 0.29) is 11.9 Å². The van der Waals surface area contributed by atoms with Crippen molar-refractivity contribution < 1.29 is 10.0 Å². The van der Waals surface area contributed by atoms with E-state index in [4.69, 9.17) is 0 Å². The van der Waals surface area contributed by atoms with Crippen LogP contribution in [-0.2, 0) is 10.0 Å². The summed E-state index contributed by atoms with van der Waals surface area (Å²) in [7, 11) is 0. The summed E-state index contributed by atoms with van der Waals surface area (Å²) in [6.45, 7) is 7.72. The Hall–Kier alpha value is -0.260. The molecule has 5 heteroatoms. The number of nitrogens with zero attached hydrogens (tertiary/aromatic N) is 1. The Balaban J connectivity index is 2.68. The van der Waals surface area contributed by atoms with Gasteiger partial charge >= 0.3 is 0 Å². The van der Waals surface area contributed by atoms with Gasteiger partial charge in [-0.15, -0.1) is 10.3 Å². The second-order valence-electron chi connectivity index (χ2n) is 6.07. The van der Waals surface area contributed by atoms with Crippen LogP contribution in [0.25, 0.3) is 0 Å². The first kappa shape index (κ1) is 14.8. The molecular formula is C12H23N2O2S. The van der Waals surface area contributed by atoms with Crippen LogP contribution in [0.3, 0.4) is 0 Å². The van der Waals surface area contributed by atoms with Crippen molar-refractivity contribution in [3.63, 3.8) is 0 Å². The molecule has 1 aliphatic heterocycles. The summed E-state index contributed by atoms with van der Waals surface area (Å²) in [6, 6.07) is 0.0811. The lowest BCUT2D eigenvalue weighted by molar-refractivity contribution is -0.290. The molecule has 0 bridgehead atoms. The van der Waals surface area contributed by atoms with Crippen molar-refractivity contribution in [2.75, 3.05) is 5.75 Å². The zero-order valence-electron chi connectivity index (χ0n) is 11.1. The molecule has 1 N–H and O–H groups in total. The van der Waals surface area contributed by atoms with Gasteiger partial charge in [-0.3, -0.25) is 4.79 Å². The molecule has 99 valence electrons. The predicted molar refractivity (Wildman–Crippen MR) is 70.3 cm³/mol. The number of hydrogen-bond acceptors (Lipinski definition) is 3. The molecule has 0 aromatic heterocycles. The van der Waals surface area contributed by atoms with Crippen molar-refractivity contribution in [2.45, 2.75) is 64.1 Å². The summed E-state index contributed by atoms with van der Waals surface area (Å²) in [5, 5.41) is 16.3. The topological polar surface area (TPSA) is 52.2 Å². The predicted octanol–water partition coefficient (Wildman–Crippen LogP) is 1.79. The van der Waals surface area contributed by atoms with Gasteiger partial charge in [-0.2, -0.15) is 12.6 Å². The number of thiol groups is 1.